The van der Waals surface area contributed by atoms with Gasteiger partial charge in [-0.1, -0.05) is 12.1 Å². The van der Waals surface area contributed by atoms with Crippen LogP contribution in [0.5, 0.6) is 0 Å². The van der Waals surface area contributed by atoms with Crippen molar-refractivity contribution in [1.29, 1.82) is 0 Å². The Balaban J connectivity index is 1.26. The van der Waals surface area contributed by atoms with Gasteiger partial charge in [-0.05, 0) is 38.5 Å². The summed E-state index contributed by atoms with van der Waals surface area (Å²) in [6, 6.07) is 0.568. The first kappa shape index (κ1) is 14.5. The van der Waals surface area contributed by atoms with E-state index in [1.165, 1.54) is 18.6 Å². The van der Waals surface area contributed by atoms with Crippen molar-refractivity contribution in [2.75, 3.05) is 13.1 Å². The van der Waals surface area contributed by atoms with E-state index in [9.17, 15) is 4.79 Å². The third-order valence-electron chi connectivity index (χ3n) is 6.45. The molecule has 0 radical (unpaired) electrons. The number of carbonyl (C=O) groups is 1. The molecule has 6 nitrogen and oxygen atoms in total. The summed E-state index contributed by atoms with van der Waals surface area (Å²) in [5.74, 6) is 1.11. The Morgan fingerprint density at radius 1 is 1.25 bits per heavy atom. The lowest BCUT2D eigenvalue weighted by atomic mass is 9.88. The highest BCUT2D eigenvalue weighted by Crippen LogP contribution is 2.64. The molecule has 1 saturated heterocycles. The molecule has 3 atom stereocenters. The van der Waals surface area contributed by atoms with E-state index >= 15 is 0 Å². The molecule has 3 fully saturated rings. The number of likely N-dealkylation sites (tertiary alicyclic amines) is 1. The van der Waals surface area contributed by atoms with E-state index in [0.29, 0.717) is 23.6 Å². The zero-order valence-electron chi connectivity index (χ0n) is 14.5. The predicted octanol–water partition coefficient (Wildman–Crippen LogP) is 2.48. The molecule has 128 valence electrons. The highest BCUT2D eigenvalue weighted by atomic mass is 16.7. The van der Waals surface area contributed by atoms with E-state index in [0.717, 1.165) is 19.5 Å². The number of carbonyl (C=O) groups excluding carboxylic acids is 1. The molecule has 0 spiro atoms. The number of amides is 1. The van der Waals surface area contributed by atoms with Crippen LogP contribution in [0.25, 0.3) is 0 Å². The molecule has 2 saturated carbocycles. The third kappa shape index (κ3) is 1.98. The number of oxime groups is 1. The second-order valence-electron chi connectivity index (χ2n) is 8.71. The van der Waals surface area contributed by atoms with E-state index in [4.69, 9.17) is 4.84 Å². The van der Waals surface area contributed by atoms with E-state index < -0.39 is 0 Å². The van der Waals surface area contributed by atoms with E-state index in [1.807, 2.05) is 11.1 Å². The first-order valence-electron chi connectivity index (χ1n) is 8.97. The number of nitrogens with zero attached hydrogens (tertiary/aromatic N) is 4. The number of fused-ring (bicyclic) bond motifs is 1. The lowest BCUT2D eigenvalue weighted by Gasteiger charge is -2.23. The van der Waals surface area contributed by atoms with Gasteiger partial charge in [0.1, 0.15) is 11.3 Å². The number of hydrogen-bond donors (Lipinski definition) is 0. The van der Waals surface area contributed by atoms with Crippen molar-refractivity contribution < 1.29 is 9.63 Å². The van der Waals surface area contributed by atoms with Crippen LogP contribution in [0, 0.1) is 17.3 Å². The van der Waals surface area contributed by atoms with Crippen LogP contribution in [-0.4, -0.2) is 44.8 Å². The van der Waals surface area contributed by atoms with Gasteiger partial charge in [-0.3, -0.25) is 4.79 Å². The SMILES string of the molecule is CC1(C)CC(C2(C)[C@@H]3CN(C(=O)c4cn(C5CC5)cn4)C[C@@H]32)=NO1. The first-order chi connectivity index (χ1) is 11.4. The summed E-state index contributed by atoms with van der Waals surface area (Å²) >= 11 is 0. The topological polar surface area (TPSA) is 59.7 Å². The Morgan fingerprint density at radius 3 is 2.54 bits per heavy atom. The normalized spacial score (nSPS) is 36.3. The average molecular weight is 328 g/mol. The van der Waals surface area contributed by atoms with Gasteiger partial charge in [-0.2, -0.15) is 0 Å². The van der Waals surface area contributed by atoms with Gasteiger partial charge in [0.15, 0.2) is 0 Å². The number of aromatic nitrogens is 2. The predicted molar refractivity (Wildman–Crippen MR) is 88.7 cm³/mol. The largest absolute Gasteiger partial charge is 0.389 e. The molecule has 5 rings (SSSR count). The van der Waals surface area contributed by atoms with Gasteiger partial charge in [0.25, 0.3) is 5.91 Å². The van der Waals surface area contributed by atoms with Crippen molar-refractivity contribution >= 4 is 11.6 Å². The molecule has 2 aliphatic heterocycles. The lowest BCUT2D eigenvalue weighted by Crippen LogP contribution is -2.36. The van der Waals surface area contributed by atoms with Crippen LogP contribution in [0.15, 0.2) is 17.7 Å². The maximum Gasteiger partial charge on any atom is 0.274 e. The lowest BCUT2D eigenvalue weighted by molar-refractivity contribution is 0.0123. The second kappa shape index (κ2) is 4.41. The Morgan fingerprint density at radius 2 is 1.96 bits per heavy atom. The van der Waals surface area contributed by atoms with E-state index in [-0.39, 0.29) is 16.9 Å². The van der Waals surface area contributed by atoms with Gasteiger partial charge in [-0.25, -0.2) is 4.98 Å². The molecule has 0 N–H and O–H groups in total. The van der Waals surface area contributed by atoms with Crippen LogP contribution in [-0.2, 0) is 4.84 Å². The molecule has 1 amide bonds. The standard InChI is InChI=1S/C18H24N4O2/c1-17(2)6-15(20-24-17)18(3)12-7-21(8-13(12)18)16(23)14-9-22(10-19-14)11-4-5-11/h9-13H,4-8H2,1-3H3/t12-,13+,18?. The summed E-state index contributed by atoms with van der Waals surface area (Å²) in [5.41, 5.74) is 1.72. The molecule has 3 heterocycles. The van der Waals surface area contributed by atoms with Gasteiger partial charge in [0.2, 0.25) is 0 Å². The van der Waals surface area contributed by atoms with Crippen molar-refractivity contribution in [1.82, 2.24) is 14.5 Å². The average Bonchev–Trinajstić information content (AvgIpc) is 3.23. The monoisotopic (exact) mass is 328 g/mol. The minimum absolute atomic E-state index is 0.0777. The highest BCUT2D eigenvalue weighted by Gasteiger charge is 2.69. The van der Waals surface area contributed by atoms with Crippen LogP contribution in [0.4, 0.5) is 0 Å². The summed E-state index contributed by atoms with van der Waals surface area (Å²) < 4.78 is 2.08. The molecular weight excluding hydrogens is 304 g/mol. The van der Waals surface area contributed by atoms with Crippen LogP contribution < -0.4 is 0 Å². The number of imidazole rings is 1. The maximum absolute atomic E-state index is 12.7. The quantitative estimate of drug-likeness (QED) is 0.856. The van der Waals surface area contributed by atoms with Gasteiger partial charge in [-0.15, -0.1) is 0 Å². The fourth-order valence-corrected chi connectivity index (χ4v) is 4.59. The summed E-state index contributed by atoms with van der Waals surface area (Å²) in [6.45, 7) is 8.08. The number of hydrogen-bond acceptors (Lipinski definition) is 4. The van der Waals surface area contributed by atoms with E-state index in [2.05, 4.69) is 35.5 Å². The second-order valence-corrected chi connectivity index (χ2v) is 8.71. The van der Waals surface area contributed by atoms with E-state index in [1.54, 1.807) is 6.33 Å². The Labute approximate surface area is 141 Å². The van der Waals surface area contributed by atoms with Gasteiger partial charge < -0.3 is 14.3 Å². The molecule has 1 aromatic heterocycles. The van der Waals surface area contributed by atoms with Crippen LogP contribution in [0.2, 0.25) is 0 Å². The van der Waals surface area contributed by atoms with Gasteiger partial charge in [0, 0.05) is 37.2 Å². The Bertz CT molecular complexity index is 734. The molecule has 6 heteroatoms. The minimum Gasteiger partial charge on any atom is -0.389 e. The Kier molecular flexibility index (Phi) is 2.66. The summed E-state index contributed by atoms with van der Waals surface area (Å²) in [5, 5.41) is 4.36. The summed E-state index contributed by atoms with van der Waals surface area (Å²) in [4.78, 5) is 24.5. The van der Waals surface area contributed by atoms with Crippen LogP contribution in [0.1, 0.15) is 56.6 Å². The van der Waals surface area contributed by atoms with Crippen molar-refractivity contribution in [2.45, 2.75) is 51.7 Å². The summed E-state index contributed by atoms with van der Waals surface area (Å²) in [7, 11) is 0. The molecule has 1 unspecified atom stereocenters. The smallest absolute Gasteiger partial charge is 0.274 e. The van der Waals surface area contributed by atoms with Crippen molar-refractivity contribution in [3.8, 4) is 0 Å². The zero-order valence-corrected chi connectivity index (χ0v) is 14.5. The third-order valence-corrected chi connectivity index (χ3v) is 6.45. The van der Waals surface area contributed by atoms with Gasteiger partial charge in [0.05, 0.1) is 12.0 Å². The number of piperidine rings is 1. The molecule has 4 aliphatic rings. The fourth-order valence-electron chi connectivity index (χ4n) is 4.59. The molecule has 0 bridgehead atoms. The zero-order chi connectivity index (χ0) is 16.7. The first-order valence-corrected chi connectivity index (χ1v) is 8.97. The number of rotatable bonds is 3. The van der Waals surface area contributed by atoms with Crippen LogP contribution >= 0.6 is 0 Å². The highest BCUT2D eigenvalue weighted by molar-refractivity contribution is 5.96. The Hall–Kier alpha value is -1.85. The van der Waals surface area contributed by atoms with Gasteiger partial charge >= 0.3 is 0 Å². The van der Waals surface area contributed by atoms with Crippen molar-refractivity contribution in [2.24, 2.45) is 22.4 Å². The fraction of sp³-hybridized carbons (Fsp3) is 0.722. The van der Waals surface area contributed by atoms with Crippen LogP contribution in [0.3, 0.4) is 0 Å². The molecular formula is C18H24N4O2. The van der Waals surface area contributed by atoms with Crippen molar-refractivity contribution in [3.63, 3.8) is 0 Å². The van der Waals surface area contributed by atoms with Crippen molar-refractivity contribution in [3.05, 3.63) is 18.2 Å². The molecule has 24 heavy (non-hydrogen) atoms. The molecule has 2 aliphatic carbocycles. The minimum atomic E-state index is -0.180. The maximum atomic E-state index is 12.7. The molecule has 1 aromatic rings. The molecule has 0 aromatic carbocycles. The summed E-state index contributed by atoms with van der Waals surface area (Å²) in [6.07, 6.45) is 7.03.